The first-order valence-corrected chi connectivity index (χ1v) is 12.7. The van der Waals surface area contributed by atoms with Gasteiger partial charge in [0, 0.05) is 49.5 Å². The Morgan fingerprint density at radius 3 is 2.17 bits per heavy atom. The Morgan fingerprint density at radius 1 is 0.778 bits per heavy atom. The van der Waals surface area contributed by atoms with Crippen LogP contribution in [0.5, 0.6) is 0 Å². The summed E-state index contributed by atoms with van der Waals surface area (Å²) in [7, 11) is 0. The monoisotopic (exact) mass is 479 g/mol. The van der Waals surface area contributed by atoms with Crippen molar-refractivity contribution < 1.29 is 14.4 Å². The van der Waals surface area contributed by atoms with Crippen LogP contribution in [0.4, 0.5) is 5.69 Å². The Morgan fingerprint density at radius 2 is 1.44 bits per heavy atom. The molecule has 1 saturated heterocycles. The van der Waals surface area contributed by atoms with E-state index in [1.807, 2.05) is 70.5 Å². The lowest BCUT2D eigenvalue weighted by molar-refractivity contribution is -0.135. The molecular weight excluding hydrogens is 450 g/mol. The van der Waals surface area contributed by atoms with Crippen LogP contribution in [0.15, 0.2) is 72.8 Å². The van der Waals surface area contributed by atoms with Gasteiger partial charge in [-0.25, -0.2) is 0 Å². The molecule has 0 radical (unpaired) electrons. The Kier molecular flexibility index (Phi) is 5.59. The van der Waals surface area contributed by atoms with Crippen LogP contribution in [0.2, 0.25) is 0 Å². The smallest absolute Gasteiger partial charge is 0.254 e. The maximum atomic E-state index is 14.2. The lowest BCUT2D eigenvalue weighted by Crippen LogP contribution is -2.54. The first-order chi connectivity index (χ1) is 17.5. The number of anilines is 1. The predicted octanol–water partition coefficient (Wildman–Crippen LogP) is 4.07. The van der Waals surface area contributed by atoms with Crippen LogP contribution in [0, 0.1) is 0 Å². The van der Waals surface area contributed by atoms with Crippen LogP contribution in [0.1, 0.15) is 56.3 Å². The van der Waals surface area contributed by atoms with Crippen LogP contribution in [0.3, 0.4) is 0 Å². The summed E-state index contributed by atoms with van der Waals surface area (Å²) < 4.78 is 0. The van der Waals surface area contributed by atoms with Crippen molar-refractivity contribution in [1.82, 2.24) is 9.80 Å². The standard InChI is InChI=1S/C30H29N3O3/c1-20(34)21-10-12-23(13-11-21)31-16-18-32(19-17-31)30(36)27-25-8-4-5-9-26(25)29(35)33-15-14-22-6-2-3-7-24(22)28(27)33/h2-13,27-28H,14-19H2,1H3/t27-,28+/m0/s1. The van der Waals surface area contributed by atoms with Gasteiger partial charge in [-0.05, 0) is 60.4 Å². The second kappa shape index (κ2) is 8.94. The fraction of sp³-hybridized carbons (Fsp3) is 0.300. The molecule has 6 rings (SSSR count). The molecule has 0 unspecified atom stereocenters. The van der Waals surface area contributed by atoms with Crippen molar-refractivity contribution in [2.45, 2.75) is 25.3 Å². The van der Waals surface area contributed by atoms with Crippen molar-refractivity contribution >= 4 is 23.3 Å². The molecule has 3 aliphatic heterocycles. The number of ketones is 1. The molecule has 3 aromatic rings. The summed E-state index contributed by atoms with van der Waals surface area (Å²) in [5, 5.41) is 0. The van der Waals surface area contributed by atoms with Crippen molar-refractivity contribution in [3.8, 4) is 0 Å². The van der Waals surface area contributed by atoms with E-state index in [1.54, 1.807) is 6.92 Å². The third kappa shape index (κ3) is 3.68. The number of hydrogen-bond acceptors (Lipinski definition) is 4. The Balaban J connectivity index is 1.29. The zero-order valence-corrected chi connectivity index (χ0v) is 20.4. The number of fused-ring (bicyclic) bond motifs is 4. The number of nitrogens with zero attached hydrogens (tertiary/aromatic N) is 3. The fourth-order valence-corrected chi connectivity index (χ4v) is 6.03. The number of carbonyl (C=O) groups is 3. The van der Waals surface area contributed by atoms with Gasteiger partial charge in [0.15, 0.2) is 5.78 Å². The van der Waals surface area contributed by atoms with Crippen LogP contribution >= 0.6 is 0 Å². The second-order valence-electron chi connectivity index (χ2n) is 9.87. The third-order valence-corrected chi connectivity index (χ3v) is 7.93. The largest absolute Gasteiger partial charge is 0.368 e. The molecule has 36 heavy (non-hydrogen) atoms. The Labute approximate surface area is 211 Å². The van der Waals surface area contributed by atoms with Crippen molar-refractivity contribution in [3.05, 3.63) is 101 Å². The minimum absolute atomic E-state index is 0.0213. The van der Waals surface area contributed by atoms with Gasteiger partial charge in [0.1, 0.15) is 0 Å². The second-order valence-corrected chi connectivity index (χ2v) is 9.87. The number of rotatable bonds is 3. The zero-order chi connectivity index (χ0) is 24.8. The maximum Gasteiger partial charge on any atom is 0.254 e. The molecule has 6 nitrogen and oxygen atoms in total. The van der Waals surface area contributed by atoms with E-state index in [4.69, 9.17) is 0 Å². The van der Waals surface area contributed by atoms with Gasteiger partial charge in [-0.1, -0.05) is 42.5 Å². The lowest BCUT2D eigenvalue weighted by atomic mass is 9.75. The van der Waals surface area contributed by atoms with Gasteiger partial charge in [0.2, 0.25) is 5.91 Å². The van der Waals surface area contributed by atoms with Crippen molar-refractivity contribution in [2.24, 2.45) is 0 Å². The van der Waals surface area contributed by atoms with E-state index >= 15 is 0 Å². The van der Waals surface area contributed by atoms with E-state index in [0.29, 0.717) is 30.8 Å². The Hall–Kier alpha value is -3.93. The van der Waals surface area contributed by atoms with E-state index in [-0.39, 0.29) is 23.6 Å². The molecule has 0 spiro atoms. The normalized spacial score (nSPS) is 20.9. The predicted molar refractivity (Wildman–Crippen MR) is 138 cm³/mol. The SMILES string of the molecule is CC(=O)c1ccc(N2CCN(C(=O)[C@H]3c4ccccc4C(=O)N4CCc5ccccc5[C@H]34)CC2)cc1. The summed E-state index contributed by atoms with van der Waals surface area (Å²) in [5.74, 6) is -0.246. The van der Waals surface area contributed by atoms with E-state index in [9.17, 15) is 14.4 Å². The third-order valence-electron chi connectivity index (χ3n) is 7.93. The van der Waals surface area contributed by atoms with Crippen LogP contribution < -0.4 is 4.90 Å². The minimum Gasteiger partial charge on any atom is -0.368 e. The molecule has 0 aliphatic carbocycles. The molecule has 0 bridgehead atoms. The quantitative estimate of drug-likeness (QED) is 0.532. The molecule has 3 aliphatic rings. The van der Waals surface area contributed by atoms with Gasteiger partial charge in [0.25, 0.3) is 5.91 Å². The molecule has 0 aromatic heterocycles. The Bertz CT molecular complexity index is 1340. The van der Waals surface area contributed by atoms with Gasteiger partial charge in [-0.2, -0.15) is 0 Å². The van der Waals surface area contributed by atoms with Crippen molar-refractivity contribution in [1.29, 1.82) is 0 Å². The molecule has 182 valence electrons. The summed E-state index contributed by atoms with van der Waals surface area (Å²) >= 11 is 0. The highest BCUT2D eigenvalue weighted by atomic mass is 16.2. The van der Waals surface area contributed by atoms with Crippen LogP contribution in [0.25, 0.3) is 0 Å². The number of amides is 2. The highest BCUT2D eigenvalue weighted by molar-refractivity contribution is 6.01. The molecular formula is C30H29N3O3. The van der Waals surface area contributed by atoms with Gasteiger partial charge < -0.3 is 14.7 Å². The molecule has 3 aromatic carbocycles. The molecule has 0 N–H and O–H groups in total. The van der Waals surface area contributed by atoms with Crippen LogP contribution in [-0.4, -0.2) is 60.1 Å². The van der Waals surface area contributed by atoms with Crippen LogP contribution in [-0.2, 0) is 11.2 Å². The number of carbonyl (C=O) groups excluding carboxylic acids is 3. The summed E-state index contributed by atoms with van der Waals surface area (Å²) in [5.41, 5.74) is 5.57. The minimum atomic E-state index is -0.415. The average Bonchev–Trinajstić information content (AvgIpc) is 2.93. The van der Waals surface area contributed by atoms with Gasteiger partial charge in [-0.3, -0.25) is 14.4 Å². The van der Waals surface area contributed by atoms with E-state index in [1.165, 1.54) is 5.56 Å². The molecule has 2 amide bonds. The first kappa shape index (κ1) is 22.5. The zero-order valence-electron chi connectivity index (χ0n) is 20.4. The summed E-state index contributed by atoms with van der Waals surface area (Å²) in [4.78, 5) is 45.4. The van der Waals surface area contributed by atoms with Gasteiger partial charge in [-0.15, -0.1) is 0 Å². The molecule has 0 saturated carbocycles. The summed E-state index contributed by atoms with van der Waals surface area (Å²) in [6.45, 7) is 4.89. The number of benzene rings is 3. The number of hydrogen-bond donors (Lipinski definition) is 0. The molecule has 3 heterocycles. The van der Waals surface area contributed by atoms with Crippen molar-refractivity contribution in [2.75, 3.05) is 37.6 Å². The molecule has 6 heteroatoms. The van der Waals surface area contributed by atoms with E-state index < -0.39 is 5.92 Å². The fourth-order valence-electron chi connectivity index (χ4n) is 6.03. The average molecular weight is 480 g/mol. The number of piperazine rings is 1. The van der Waals surface area contributed by atoms with E-state index in [2.05, 4.69) is 17.0 Å². The van der Waals surface area contributed by atoms with Crippen molar-refractivity contribution in [3.63, 3.8) is 0 Å². The molecule has 2 atom stereocenters. The summed E-state index contributed by atoms with van der Waals surface area (Å²) in [6.07, 6.45) is 0.808. The highest BCUT2D eigenvalue weighted by Crippen LogP contribution is 2.46. The maximum absolute atomic E-state index is 14.2. The van der Waals surface area contributed by atoms with E-state index in [0.717, 1.165) is 36.3 Å². The topological polar surface area (TPSA) is 60.9 Å². The lowest BCUT2D eigenvalue weighted by Gasteiger charge is -2.47. The molecule has 1 fully saturated rings. The number of Topliss-reactive ketones (excluding diaryl/α,β-unsaturated/α-hetero) is 1. The first-order valence-electron chi connectivity index (χ1n) is 12.7. The summed E-state index contributed by atoms with van der Waals surface area (Å²) in [6, 6.07) is 23.3. The van der Waals surface area contributed by atoms with Gasteiger partial charge >= 0.3 is 0 Å². The van der Waals surface area contributed by atoms with Gasteiger partial charge in [0.05, 0.1) is 12.0 Å². The highest BCUT2D eigenvalue weighted by Gasteiger charge is 2.47.